The van der Waals surface area contributed by atoms with Crippen LogP contribution in [0.3, 0.4) is 0 Å². The Morgan fingerprint density at radius 2 is 1.77 bits per heavy atom. The number of carbonyl (C=O) groups excluding carboxylic acids is 3. The van der Waals surface area contributed by atoms with Crippen LogP contribution in [-0.2, 0) is 32.3 Å². The van der Waals surface area contributed by atoms with Crippen molar-refractivity contribution in [2.45, 2.75) is 39.9 Å². The predicted octanol–water partition coefficient (Wildman–Crippen LogP) is 4.89. The Bertz CT molecular complexity index is 1580. The molecule has 0 fully saturated rings. The number of benzene rings is 2. The van der Waals surface area contributed by atoms with Gasteiger partial charge in [-0.15, -0.1) is 11.3 Å². The normalized spacial score (nSPS) is 10.7. The smallest absolute Gasteiger partial charge is 0.306 e. The molecule has 0 saturated carbocycles. The third kappa shape index (κ3) is 6.90. The Balaban J connectivity index is 0.00000420. The number of carboxylic acid groups (broad SMARTS) is 1. The van der Waals surface area contributed by atoms with Crippen molar-refractivity contribution in [2.75, 3.05) is 12.4 Å². The summed E-state index contributed by atoms with van der Waals surface area (Å²) >= 11 is 1.27. The molecule has 197 valence electrons. The van der Waals surface area contributed by atoms with E-state index >= 15 is 0 Å². The van der Waals surface area contributed by atoms with Crippen molar-refractivity contribution in [1.82, 2.24) is 4.98 Å². The third-order valence-corrected chi connectivity index (χ3v) is 7.37. The number of ether oxygens (including phenoxy) is 2. The molecule has 2 heterocycles. The summed E-state index contributed by atoms with van der Waals surface area (Å²) in [6.07, 6.45) is -0.492. The SMILES string of the molecule is COCc1ccc(C(C)=O)c2sc(C(=O)Nc3ccc4c(COC(=O)CCC(=O)O)cccc4n3)c(C)c12.[Na]. The molecule has 0 aliphatic rings. The summed E-state index contributed by atoms with van der Waals surface area (Å²) in [7, 11) is 1.60. The number of esters is 1. The molecule has 1 amide bonds. The maximum atomic E-state index is 13.3. The summed E-state index contributed by atoms with van der Waals surface area (Å²) in [5.74, 6) is -1.73. The number of carbonyl (C=O) groups is 4. The van der Waals surface area contributed by atoms with E-state index in [-0.39, 0.29) is 60.7 Å². The minimum absolute atomic E-state index is 0. The van der Waals surface area contributed by atoms with Gasteiger partial charge in [0, 0.05) is 57.7 Å². The van der Waals surface area contributed by atoms with Gasteiger partial charge in [0.2, 0.25) is 0 Å². The molecule has 39 heavy (non-hydrogen) atoms. The fraction of sp³-hybridized carbons (Fsp3) is 0.250. The van der Waals surface area contributed by atoms with Crippen molar-refractivity contribution in [3.63, 3.8) is 0 Å². The third-order valence-electron chi connectivity index (χ3n) is 6.04. The number of aliphatic carboxylic acids is 1. The Hall–Kier alpha value is -3.15. The monoisotopic (exact) mass is 557 g/mol. The van der Waals surface area contributed by atoms with E-state index in [4.69, 9.17) is 14.6 Å². The van der Waals surface area contributed by atoms with Crippen LogP contribution in [0.1, 0.15) is 56.5 Å². The Kier molecular flexibility index (Phi) is 10.3. The minimum Gasteiger partial charge on any atom is -0.481 e. The number of Topliss-reactive ketones (excluding diaryl/α,β-unsaturated/α-hetero) is 1. The number of carboxylic acids is 1. The number of fused-ring (bicyclic) bond motifs is 2. The second-order valence-electron chi connectivity index (χ2n) is 8.71. The molecule has 0 saturated heterocycles. The maximum Gasteiger partial charge on any atom is 0.306 e. The van der Waals surface area contributed by atoms with Crippen molar-refractivity contribution < 1.29 is 33.8 Å². The van der Waals surface area contributed by atoms with Crippen LogP contribution < -0.4 is 5.32 Å². The van der Waals surface area contributed by atoms with Crippen molar-refractivity contribution in [3.8, 4) is 0 Å². The first-order valence-corrected chi connectivity index (χ1v) is 12.6. The maximum absolute atomic E-state index is 13.3. The number of thiophene rings is 1. The zero-order chi connectivity index (χ0) is 27.4. The number of aryl methyl sites for hydroxylation is 1. The Morgan fingerprint density at radius 1 is 1.00 bits per heavy atom. The van der Waals surface area contributed by atoms with Crippen LogP contribution in [0, 0.1) is 6.92 Å². The summed E-state index contributed by atoms with van der Waals surface area (Å²) in [4.78, 5) is 53.0. The topological polar surface area (TPSA) is 132 Å². The van der Waals surface area contributed by atoms with Gasteiger partial charge in [-0.3, -0.25) is 19.2 Å². The number of hydrogen-bond donors (Lipinski definition) is 2. The first-order valence-electron chi connectivity index (χ1n) is 11.8. The number of amides is 1. The van der Waals surface area contributed by atoms with Crippen molar-refractivity contribution in [3.05, 3.63) is 69.6 Å². The molecular formula is C28H26N2NaO7S. The number of nitrogens with zero attached hydrogens (tertiary/aromatic N) is 1. The van der Waals surface area contributed by atoms with Crippen LogP contribution in [0.2, 0.25) is 0 Å². The van der Waals surface area contributed by atoms with Crippen molar-refractivity contribution >= 4 is 91.3 Å². The number of ketones is 1. The molecular weight excluding hydrogens is 531 g/mol. The van der Waals surface area contributed by atoms with E-state index in [1.54, 1.807) is 43.5 Å². The van der Waals surface area contributed by atoms with Crippen LogP contribution in [0.15, 0.2) is 42.5 Å². The standard InChI is InChI=1S/C28H26N2O7S.Na/c1-15-25-18(13-36-3)7-8-19(16(2)31)27(25)38-26(15)28(35)30-22-10-9-20-17(5-4-6-21(20)29-22)14-37-24(34)12-11-23(32)33;/h4-10H,11-14H2,1-3H3,(H,32,33)(H,29,30,35);. The van der Waals surface area contributed by atoms with Gasteiger partial charge >= 0.3 is 11.9 Å². The molecule has 2 aromatic heterocycles. The van der Waals surface area contributed by atoms with Crippen LogP contribution in [0.25, 0.3) is 21.0 Å². The average Bonchev–Trinajstić information content (AvgIpc) is 3.23. The van der Waals surface area contributed by atoms with E-state index in [2.05, 4.69) is 10.3 Å². The molecule has 0 aliphatic heterocycles. The summed E-state index contributed by atoms with van der Waals surface area (Å²) in [6.45, 7) is 3.70. The average molecular weight is 558 g/mol. The van der Waals surface area contributed by atoms with E-state index < -0.39 is 11.9 Å². The number of rotatable bonds is 10. The molecule has 11 heteroatoms. The van der Waals surface area contributed by atoms with E-state index in [9.17, 15) is 19.2 Å². The van der Waals surface area contributed by atoms with Crippen LogP contribution in [0.4, 0.5) is 5.82 Å². The second-order valence-corrected chi connectivity index (χ2v) is 9.73. The van der Waals surface area contributed by atoms with Crippen LogP contribution in [0.5, 0.6) is 0 Å². The molecule has 0 atom stereocenters. The molecule has 0 bridgehead atoms. The largest absolute Gasteiger partial charge is 0.481 e. The molecule has 0 aliphatic carbocycles. The van der Waals surface area contributed by atoms with Gasteiger partial charge in [0.05, 0.1) is 29.8 Å². The molecule has 2 aromatic carbocycles. The van der Waals surface area contributed by atoms with E-state index in [0.717, 1.165) is 26.6 Å². The van der Waals surface area contributed by atoms with Gasteiger partial charge in [0.25, 0.3) is 5.91 Å². The quantitative estimate of drug-likeness (QED) is 0.160. The number of methoxy groups -OCH3 is 1. The minimum atomic E-state index is -1.06. The van der Waals surface area contributed by atoms with Gasteiger partial charge in [-0.25, -0.2) is 4.98 Å². The number of pyridine rings is 1. The van der Waals surface area contributed by atoms with Crippen molar-refractivity contribution in [2.24, 2.45) is 0 Å². The zero-order valence-electron chi connectivity index (χ0n) is 22.1. The van der Waals surface area contributed by atoms with Crippen LogP contribution >= 0.6 is 11.3 Å². The van der Waals surface area contributed by atoms with Gasteiger partial charge < -0.3 is 19.9 Å². The van der Waals surface area contributed by atoms with E-state index in [0.29, 0.717) is 33.9 Å². The fourth-order valence-corrected chi connectivity index (χ4v) is 5.54. The molecule has 0 spiro atoms. The van der Waals surface area contributed by atoms with Gasteiger partial charge in [-0.1, -0.05) is 18.2 Å². The first-order chi connectivity index (χ1) is 18.2. The molecule has 2 N–H and O–H groups in total. The predicted molar refractivity (Wildman–Crippen MR) is 149 cm³/mol. The van der Waals surface area contributed by atoms with Gasteiger partial charge in [-0.05, 0) is 54.8 Å². The van der Waals surface area contributed by atoms with E-state index in [1.807, 2.05) is 13.0 Å². The number of aromatic nitrogens is 1. The molecule has 9 nitrogen and oxygen atoms in total. The molecule has 1 radical (unpaired) electrons. The fourth-order valence-electron chi connectivity index (χ4n) is 4.23. The van der Waals surface area contributed by atoms with Gasteiger partial charge in [0.15, 0.2) is 5.78 Å². The first kappa shape index (κ1) is 30.4. The van der Waals surface area contributed by atoms with Gasteiger partial charge in [0.1, 0.15) is 12.4 Å². The Labute approximate surface area is 250 Å². The van der Waals surface area contributed by atoms with Crippen LogP contribution in [-0.4, -0.2) is 70.4 Å². The zero-order valence-corrected chi connectivity index (χ0v) is 24.9. The molecule has 4 aromatic rings. The second kappa shape index (κ2) is 13.3. The summed E-state index contributed by atoms with van der Waals surface area (Å²) in [5, 5.41) is 13.1. The summed E-state index contributed by atoms with van der Waals surface area (Å²) < 4.78 is 11.3. The van der Waals surface area contributed by atoms with E-state index in [1.165, 1.54) is 18.3 Å². The number of anilines is 1. The van der Waals surface area contributed by atoms with Gasteiger partial charge in [-0.2, -0.15) is 0 Å². The molecule has 0 unspecified atom stereocenters. The molecule has 4 rings (SSSR count). The number of hydrogen-bond acceptors (Lipinski definition) is 8. The Morgan fingerprint density at radius 3 is 2.46 bits per heavy atom. The summed E-state index contributed by atoms with van der Waals surface area (Å²) in [5.41, 5.74) is 3.54. The summed E-state index contributed by atoms with van der Waals surface area (Å²) in [6, 6.07) is 12.4. The number of nitrogens with one attached hydrogen (secondary N) is 1. The van der Waals surface area contributed by atoms with Crippen molar-refractivity contribution in [1.29, 1.82) is 0 Å².